The van der Waals surface area contributed by atoms with Crippen molar-refractivity contribution in [3.63, 3.8) is 0 Å². The monoisotopic (exact) mass is 1020 g/mol. The maximum Gasteiger partial charge on any atom is 0.306 e. The molecule has 0 aromatic carbocycles. The van der Waals surface area contributed by atoms with E-state index in [-0.39, 0.29) is 29.9 Å². The number of hydrogen-bond donors (Lipinski definition) is 0. The molecule has 1 rings (SSSR count). The fraction of sp³-hybridized carbons (Fsp3) is 0.938. The topological polar surface area (TPSA) is 99.2 Å². The second-order valence-corrected chi connectivity index (χ2v) is 21.7. The van der Waals surface area contributed by atoms with Gasteiger partial charge in [0.05, 0.1) is 6.61 Å². The predicted molar refractivity (Wildman–Crippen MR) is 313 cm³/mol. The van der Waals surface area contributed by atoms with Crippen LogP contribution in [0.2, 0.25) is 0 Å². The van der Waals surface area contributed by atoms with Crippen LogP contribution in [0.4, 0.5) is 0 Å². The van der Waals surface area contributed by atoms with Crippen LogP contribution in [-0.4, -0.2) is 67.5 Å². The molecule has 0 saturated carbocycles. The number of Topliss-reactive ketones (excluding diaryl/α,β-unsaturated/α-hetero) is 1. The molecule has 8 heteroatoms. The summed E-state index contributed by atoms with van der Waals surface area (Å²) in [5.41, 5.74) is 0. The van der Waals surface area contributed by atoms with Crippen LogP contribution in [0.5, 0.6) is 0 Å². The van der Waals surface area contributed by atoms with Crippen molar-refractivity contribution in [3.05, 3.63) is 0 Å². The van der Waals surface area contributed by atoms with Crippen molar-refractivity contribution in [2.45, 2.75) is 346 Å². The second-order valence-electron chi connectivity index (χ2n) is 21.7. The van der Waals surface area contributed by atoms with Gasteiger partial charge in [-0.05, 0) is 95.4 Å². The van der Waals surface area contributed by atoms with E-state index in [1.54, 1.807) is 6.92 Å². The van der Waals surface area contributed by atoms with Crippen LogP contribution in [0.15, 0.2) is 0 Å². The zero-order chi connectivity index (χ0) is 54.7. The van der Waals surface area contributed by atoms with Crippen molar-refractivity contribution in [2.75, 3.05) is 26.2 Å². The van der Waals surface area contributed by atoms with Gasteiger partial charge in [-0.15, -0.1) is 0 Å². The van der Waals surface area contributed by atoms with Crippen LogP contribution >= 0.6 is 0 Å². The van der Waals surface area contributed by atoms with Gasteiger partial charge < -0.3 is 19.0 Å². The minimum atomic E-state index is -0.0594. The summed E-state index contributed by atoms with van der Waals surface area (Å²) in [6, 6.07) is 0. The minimum Gasteiger partial charge on any atom is -0.468 e. The standard InChI is InChI=1S/C24H46O4.C19H40.C15H27NO3.C4H10.C2H6/c1-3-5-7-9-11-15-19-23(18-14-8-6-4-2)28-24(26)20-16-12-10-13-17-21-27-22-25;1-5-8-10-12-13-15-17-19(18(4)7-3)16-14-11-9-6-2;1-3-7-15(18)19-14-9-11-16(12-14)10-6-4-5-8-13(2)17;1-4(2)3;1-2/h22-23H,3-21H2,1-2H3;18-19H,5-17H2,1-4H3;14H,3-12H2,1-2H3;4H,1-3H3;1-2H3. The van der Waals surface area contributed by atoms with Crippen molar-refractivity contribution in [1.29, 1.82) is 0 Å². The first-order valence-corrected chi connectivity index (χ1v) is 31.5. The molecule has 0 aromatic rings. The van der Waals surface area contributed by atoms with E-state index < -0.39 is 0 Å². The summed E-state index contributed by atoms with van der Waals surface area (Å²) >= 11 is 0. The predicted octanol–water partition coefficient (Wildman–Crippen LogP) is 19.7. The van der Waals surface area contributed by atoms with Crippen LogP contribution in [0.25, 0.3) is 0 Å². The van der Waals surface area contributed by atoms with Crippen LogP contribution in [0.3, 0.4) is 0 Å². The maximum absolute atomic E-state index is 12.2. The number of ether oxygens (including phenoxy) is 3. The molecule has 72 heavy (non-hydrogen) atoms. The number of likely N-dealkylation sites (tertiary alicyclic amines) is 1. The Bertz CT molecular complexity index is 1100. The van der Waals surface area contributed by atoms with Crippen LogP contribution in [0, 0.1) is 17.8 Å². The molecule has 1 aliphatic heterocycles. The van der Waals surface area contributed by atoms with E-state index in [9.17, 15) is 19.2 Å². The minimum absolute atomic E-state index is 0.0178. The second kappa shape index (κ2) is 63.3. The number of carbonyl (C=O) groups excluding carboxylic acids is 4. The number of carbonyl (C=O) groups is 4. The maximum atomic E-state index is 12.2. The van der Waals surface area contributed by atoms with Gasteiger partial charge >= 0.3 is 11.9 Å². The Morgan fingerprint density at radius 2 is 0.958 bits per heavy atom. The molecule has 8 nitrogen and oxygen atoms in total. The van der Waals surface area contributed by atoms with E-state index in [4.69, 9.17) is 9.47 Å². The molecule has 4 unspecified atom stereocenters. The van der Waals surface area contributed by atoms with E-state index in [1.165, 1.54) is 148 Å². The third kappa shape index (κ3) is 62.3. The zero-order valence-corrected chi connectivity index (χ0v) is 51.0. The van der Waals surface area contributed by atoms with Crippen molar-refractivity contribution >= 4 is 24.2 Å². The summed E-state index contributed by atoms with van der Waals surface area (Å²) in [5, 5.41) is 0. The third-order valence-corrected chi connectivity index (χ3v) is 13.6. The van der Waals surface area contributed by atoms with Crippen molar-refractivity contribution in [3.8, 4) is 0 Å². The van der Waals surface area contributed by atoms with Gasteiger partial charge in [0.1, 0.15) is 18.0 Å². The summed E-state index contributed by atoms with van der Waals surface area (Å²) in [6.45, 7) is 32.0. The molecule has 1 saturated heterocycles. The zero-order valence-electron chi connectivity index (χ0n) is 51.0. The first-order valence-electron chi connectivity index (χ1n) is 31.5. The SMILES string of the molecule is CC.CC(C)C.CCCC(=O)OC1CCN(CCCCCC(C)=O)C1.CCCCCCCCC(CCCCCC)C(C)CC.CCCCCCCCC(CCCCCC)OC(=O)CCCCCCCOC=O. The average Bonchev–Trinajstić information content (AvgIpc) is 3.80. The van der Waals surface area contributed by atoms with Gasteiger partial charge in [0.25, 0.3) is 6.47 Å². The Morgan fingerprint density at radius 1 is 0.528 bits per heavy atom. The molecule has 432 valence electrons. The van der Waals surface area contributed by atoms with E-state index >= 15 is 0 Å². The number of hydrogen-bond acceptors (Lipinski definition) is 8. The van der Waals surface area contributed by atoms with E-state index in [2.05, 4.69) is 72.0 Å². The quantitative estimate of drug-likeness (QED) is 0.0257. The lowest BCUT2D eigenvalue weighted by Gasteiger charge is -2.23. The van der Waals surface area contributed by atoms with Gasteiger partial charge in [0.15, 0.2) is 0 Å². The van der Waals surface area contributed by atoms with Crippen molar-refractivity contribution in [2.24, 2.45) is 17.8 Å². The van der Waals surface area contributed by atoms with Crippen molar-refractivity contribution in [1.82, 2.24) is 4.90 Å². The van der Waals surface area contributed by atoms with Crippen LogP contribution in [-0.2, 0) is 33.4 Å². The largest absolute Gasteiger partial charge is 0.468 e. The summed E-state index contributed by atoms with van der Waals surface area (Å²) in [7, 11) is 0. The lowest BCUT2D eigenvalue weighted by Crippen LogP contribution is -2.25. The molecule has 0 bridgehead atoms. The van der Waals surface area contributed by atoms with Crippen LogP contribution in [0.1, 0.15) is 334 Å². The smallest absolute Gasteiger partial charge is 0.306 e. The number of ketones is 1. The van der Waals surface area contributed by atoms with Gasteiger partial charge in [-0.3, -0.25) is 19.3 Å². The number of rotatable bonds is 45. The molecule has 0 spiro atoms. The number of nitrogens with zero attached hydrogens (tertiary/aromatic N) is 1. The fourth-order valence-electron chi connectivity index (χ4n) is 8.99. The van der Waals surface area contributed by atoms with Crippen LogP contribution < -0.4 is 0 Å². The molecule has 0 aliphatic carbocycles. The number of unbranched alkanes of at least 4 members (excludes halogenated alkanes) is 22. The fourth-order valence-corrected chi connectivity index (χ4v) is 8.99. The molecular formula is C64H129NO7. The first-order chi connectivity index (χ1) is 34.8. The lowest BCUT2D eigenvalue weighted by molar-refractivity contribution is -0.150. The van der Waals surface area contributed by atoms with E-state index in [1.807, 2.05) is 20.8 Å². The summed E-state index contributed by atoms with van der Waals surface area (Å²) in [6.07, 6.45) is 45.4. The van der Waals surface area contributed by atoms with Gasteiger partial charge in [0.2, 0.25) is 0 Å². The van der Waals surface area contributed by atoms with Gasteiger partial charge in [0, 0.05) is 32.4 Å². The molecule has 1 heterocycles. The Labute approximate surface area is 450 Å². The summed E-state index contributed by atoms with van der Waals surface area (Å²) < 4.78 is 15.9. The Balaban J connectivity index is -0.000000466. The first kappa shape index (κ1) is 76.5. The summed E-state index contributed by atoms with van der Waals surface area (Å²) in [4.78, 5) is 46.8. The number of esters is 2. The third-order valence-electron chi connectivity index (χ3n) is 13.6. The Kier molecular flexibility index (Phi) is 67.3. The van der Waals surface area contributed by atoms with Gasteiger partial charge in [-0.2, -0.15) is 0 Å². The average molecular weight is 1020 g/mol. The highest BCUT2D eigenvalue weighted by Crippen LogP contribution is 2.28. The van der Waals surface area contributed by atoms with E-state index in [0.717, 1.165) is 114 Å². The molecule has 0 radical (unpaired) electrons. The highest BCUT2D eigenvalue weighted by atomic mass is 16.5. The molecule has 0 amide bonds. The highest BCUT2D eigenvalue weighted by molar-refractivity contribution is 5.75. The molecule has 4 atom stereocenters. The van der Waals surface area contributed by atoms with E-state index in [0.29, 0.717) is 32.3 Å². The highest BCUT2D eigenvalue weighted by Gasteiger charge is 2.25. The molecule has 1 fully saturated rings. The molecular weight excluding hydrogens is 895 g/mol. The lowest BCUT2D eigenvalue weighted by atomic mass is 9.83. The molecule has 0 aromatic heterocycles. The summed E-state index contributed by atoms with van der Waals surface area (Å²) in [5.74, 6) is 2.99. The Morgan fingerprint density at radius 3 is 1.43 bits per heavy atom. The van der Waals surface area contributed by atoms with Gasteiger partial charge in [-0.25, -0.2) is 0 Å². The van der Waals surface area contributed by atoms with Gasteiger partial charge in [-0.1, -0.05) is 244 Å². The van der Waals surface area contributed by atoms with Crippen molar-refractivity contribution < 1.29 is 33.4 Å². The molecule has 1 aliphatic rings. The normalized spacial score (nSPS) is 14.2. The Hall–Kier alpha value is -1.96. The molecule has 0 N–H and O–H groups in total.